The molecule has 1 aromatic carbocycles. The highest BCUT2D eigenvalue weighted by Gasteiger charge is 2.35. The number of H-pyrrole nitrogens is 1. The fourth-order valence-corrected chi connectivity index (χ4v) is 5.55. The fourth-order valence-electron chi connectivity index (χ4n) is 3.63. The zero-order valence-corrected chi connectivity index (χ0v) is 19.5. The van der Waals surface area contributed by atoms with Gasteiger partial charge in [0.1, 0.15) is 5.54 Å². The third-order valence-electron chi connectivity index (χ3n) is 5.51. The van der Waals surface area contributed by atoms with Gasteiger partial charge in [-0.25, -0.2) is 18.1 Å². The Labute approximate surface area is 187 Å². The van der Waals surface area contributed by atoms with Crippen LogP contribution in [0.1, 0.15) is 58.8 Å². The Morgan fingerprint density at radius 2 is 2.10 bits per heavy atom. The summed E-state index contributed by atoms with van der Waals surface area (Å²) < 4.78 is 27.5. The van der Waals surface area contributed by atoms with Crippen molar-refractivity contribution >= 4 is 38.7 Å². The summed E-state index contributed by atoms with van der Waals surface area (Å²) in [5.74, 6) is -0.197. The van der Waals surface area contributed by atoms with Crippen molar-refractivity contribution in [3.63, 3.8) is 0 Å². The number of carbonyl (C=O) groups excluding carboxylic acids is 1. The molecule has 1 amide bonds. The van der Waals surface area contributed by atoms with Crippen LogP contribution in [-0.2, 0) is 14.8 Å². The number of aromatic nitrogens is 2. The number of nitriles is 1. The second kappa shape index (κ2) is 10.0. The number of fused-ring (bicyclic) bond motifs is 1. The van der Waals surface area contributed by atoms with Crippen LogP contribution in [0, 0.1) is 11.3 Å². The second-order valence-corrected chi connectivity index (χ2v) is 11.1. The number of aromatic amines is 1. The van der Waals surface area contributed by atoms with Crippen LogP contribution in [0.15, 0.2) is 28.3 Å². The summed E-state index contributed by atoms with van der Waals surface area (Å²) in [6.07, 6.45) is 6.02. The SMILES string of the molecule is CCCCNS(=O)(=O)c1ccc2nc(S[C@H](C)C(=O)NC3(C#N)CCCCC3)[nH]c2c1. The zero-order chi connectivity index (χ0) is 22.5. The maximum atomic E-state index is 12.7. The lowest BCUT2D eigenvalue weighted by Crippen LogP contribution is -2.50. The average molecular weight is 464 g/mol. The lowest BCUT2D eigenvalue weighted by Gasteiger charge is -2.32. The molecular formula is C21H29N5O3S2. The molecule has 1 atom stereocenters. The molecule has 168 valence electrons. The van der Waals surface area contributed by atoms with Crippen LogP contribution in [0.5, 0.6) is 0 Å². The Balaban J connectivity index is 1.69. The number of unbranched alkanes of at least 4 members (excludes halogenated alkanes) is 1. The summed E-state index contributed by atoms with van der Waals surface area (Å²) in [4.78, 5) is 20.4. The van der Waals surface area contributed by atoms with Crippen LogP contribution in [0.25, 0.3) is 11.0 Å². The number of hydrogen-bond acceptors (Lipinski definition) is 6. The molecule has 10 heteroatoms. The van der Waals surface area contributed by atoms with Crippen LogP contribution in [0.2, 0.25) is 0 Å². The Morgan fingerprint density at radius 1 is 1.35 bits per heavy atom. The number of amides is 1. The number of hydrogen-bond donors (Lipinski definition) is 3. The molecule has 1 aromatic heterocycles. The number of nitrogens with one attached hydrogen (secondary N) is 3. The predicted molar refractivity (Wildman–Crippen MR) is 121 cm³/mol. The van der Waals surface area contributed by atoms with E-state index in [1.54, 1.807) is 19.1 Å². The number of rotatable bonds is 9. The maximum absolute atomic E-state index is 12.7. The Morgan fingerprint density at radius 3 is 2.77 bits per heavy atom. The summed E-state index contributed by atoms with van der Waals surface area (Å²) in [6.45, 7) is 4.17. The van der Waals surface area contributed by atoms with E-state index in [-0.39, 0.29) is 10.8 Å². The largest absolute Gasteiger partial charge is 0.337 e. The van der Waals surface area contributed by atoms with E-state index in [2.05, 4.69) is 26.1 Å². The van der Waals surface area contributed by atoms with Crippen molar-refractivity contribution in [3.8, 4) is 6.07 Å². The van der Waals surface area contributed by atoms with E-state index in [0.717, 1.165) is 32.1 Å². The van der Waals surface area contributed by atoms with Gasteiger partial charge in [0.05, 0.1) is 27.2 Å². The van der Waals surface area contributed by atoms with Gasteiger partial charge in [0.15, 0.2) is 5.16 Å². The predicted octanol–water partition coefficient (Wildman–Crippen LogP) is 3.46. The van der Waals surface area contributed by atoms with Crippen molar-refractivity contribution in [1.82, 2.24) is 20.0 Å². The maximum Gasteiger partial charge on any atom is 0.240 e. The van der Waals surface area contributed by atoms with Crippen LogP contribution < -0.4 is 10.0 Å². The van der Waals surface area contributed by atoms with E-state index < -0.39 is 20.8 Å². The van der Waals surface area contributed by atoms with Crippen molar-refractivity contribution in [3.05, 3.63) is 18.2 Å². The zero-order valence-electron chi connectivity index (χ0n) is 17.9. The summed E-state index contributed by atoms with van der Waals surface area (Å²) in [5.41, 5.74) is 0.448. The molecule has 0 radical (unpaired) electrons. The van der Waals surface area contributed by atoms with Gasteiger partial charge in [-0.3, -0.25) is 4.79 Å². The smallest absolute Gasteiger partial charge is 0.240 e. The van der Waals surface area contributed by atoms with Crippen molar-refractivity contribution in [1.29, 1.82) is 5.26 Å². The van der Waals surface area contributed by atoms with Gasteiger partial charge >= 0.3 is 0 Å². The second-order valence-electron chi connectivity index (χ2n) is 7.98. The third-order valence-corrected chi connectivity index (χ3v) is 7.95. The van der Waals surface area contributed by atoms with E-state index in [1.807, 2.05) is 6.92 Å². The molecule has 1 aliphatic rings. The van der Waals surface area contributed by atoms with E-state index in [9.17, 15) is 18.5 Å². The number of nitrogens with zero attached hydrogens (tertiary/aromatic N) is 2. The number of benzene rings is 1. The number of carbonyl (C=O) groups is 1. The minimum absolute atomic E-state index is 0.176. The van der Waals surface area contributed by atoms with Crippen LogP contribution in [0.3, 0.4) is 0 Å². The molecule has 1 aliphatic carbocycles. The molecule has 0 aliphatic heterocycles. The summed E-state index contributed by atoms with van der Waals surface area (Å²) in [6, 6.07) is 7.04. The quantitative estimate of drug-likeness (QED) is 0.386. The van der Waals surface area contributed by atoms with Crippen LogP contribution in [0.4, 0.5) is 0 Å². The topological polar surface area (TPSA) is 128 Å². The normalized spacial score (nSPS) is 17.2. The first kappa shape index (κ1) is 23.6. The van der Waals surface area contributed by atoms with Crippen LogP contribution in [-0.4, -0.2) is 41.6 Å². The molecule has 3 rings (SSSR count). The molecule has 2 aromatic rings. The molecule has 1 fully saturated rings. The molecule has 0 saturated heterocycles. The van der Waals surface area contributed by atoms with Gasteiger partial charge in [-0.1, -0.05) is 44.4 Å². The number of sulfonamides is 1. The highest BCUT2D eigenvalue weighted by molar-refractivity contribution is 8.00. The highest BCUT2D eigenvalue weighted by atomic mass is 32.2. The van der Waals surface area contributed by atoms with Crippen LogP contribution >= 0.6 is 11.8 Å². The van der Waals surface area contributed by atoms with Gasteiger partial charge in [-0.05, 0) is 44.4 Å². The Hall–Kier alpha value is -2.09. The fraction of sp³-hybridized carbons (Fsp3) is 0.571. The molecule has 0 unspecified atom stereocenters. The molecule has 8 nitrogen and oxygen atoms in total. The van der Waals surface area contributed by atoms with E-state index in [0.29, 0.717) is 35.6 Å². The molecule has 1 heterocycles. The first-order valence-corrected chi connectivity index (χ1v) is 13.0. The highest BCUT2D eigenvalue weighted by Crippen LogP contribution is 2.29. The van der Waals surface area contributed by atoms with Gasteiger partial charge in [-0.15, -0.1) is 0 Å². The van der Waals surface area contributed by atoms with Crippen molar-refractivity contribution < 1.29 is 13.2 Å². The molecule has 1 saturated carbocycles. The Kier molecular flexibility index (Phi) is 7.62. The molecule has 3 N–H and O–H groups in total. The molecule has 0 bridgehead atoms. The summed E-state index contributed by atoms with van der Waals surface area (Å²) >= 11 is 1.25. The third kappa shape index (κ3) is 5.79. The standard InChI is InChI=1S/C21H29N5O3S2/c1-3-4-12-23-31(28,29)16-8-9-17-18(13-16)25-20(24-17)30-15(2)19(27)26-21(14-22)10-6-5-7-11-21/h8-9,13,15,23H,3-7,10-12H2,1-2H3,(H,24,25)(H,26,27)/t15-/m1/s1. The lowest BCUT2D eigenvalue weighted by molar-refractivity contribution is -0.121. The number of imidazole rings is 1. The summed E-state index contributed by atoms with van der Waals surface area (Å²) in [7, 11) is -3.58. The van der Waals surface area contributed by atoms with Gasteiger partial charge in [0.25, 0.3) is 0 Å². The first-order chi connectivity index (χ1) is 14.8. The van der Waals surface area contributed by atoms with E-state index in [1.165, 1.54) is 17.8 Å². The molecular weight excluding hydrogens is 434 g/mol. The van der Waals surface area contributed by atoms with Crippen molar-refractivity contribution in [2.24, 2.45) is 0 Å². The van der Waals surface area contributed by atoms with Crippen molar-refractivity contribution in [2.45, 2.75) is 79.6 Å². The van der Waals surface area contributed by atoms with Gasteiger partial charge in [0, 0.05) is 6.54 Å². The molecule has 0 spiro atoms. The minimum Gasteiger partial charge on any atom is -0.337 e. The van der Waals surface area contributed by atoms with E-state index in [4.69, 9.17) is 0 Å². The van der Waals surface area contributed by atoms with E-state index >= 15 is 0 Å². The Bertz CT molecular complexity index is 1070. The lowest BCUT2D eigenvalue weighted by atomic mass is 9.83. The first-order valence-electron chi connectivity index (χ1n) is 10.7. The van der Waals surface area contributed by atoms with Gasteiger partial charge in [-0.2, -0.15) is 5.26 Å². The average Bonchev–Trinajstić information content (AvgIpc) is 3.16. The number of thioether (sulfide) groups is 1. The van der Waals surface area contributed by atoms with Gasteiger partial charge in [0.2, 0.25) is 15.9 Å². The summed E-state index contributed by atoms with van der Waals surface area (Å²) in [5, 5.41) is 12.6. The van der Waals surface area contributed by atoms with Gasteiger partial charge < -0.3 is 10.3 Å². The minimum atomic E-state index is -3.58. The monoisotopic (exact) mass is 463 g/mol. The van der Waals surface area contributed by atoms with Crippen molar-refractivity contribution in [2.75, 3.05) is 6.54 Å². The molecule has 31 heavy (non-hydrogen) atoms.